The van der Waals surface area contributed by atoms with E-state index >= 15 is 0 Å². The zero-order chi connectivity index (χ0) is 18.0. The molecule has 1 amide bonds. The highest BCUT2D eigenvalue weighted by molar-refractivity contribution is 8.13. The molecule has 3 rings (SSSR count). The zero-order valence-electron chi connectivity index (χ0n) is 14.2. The van der Waals surface area contributed by atoms with Gasteiger partial charge in [-0.25, -0.2) is 0 Å². The molecule has 1 unspecified atom stereocenters. The number of aliphatic imine (C=N–C) groups is 1. The Kier molecular flexibility index (Phi) is 5.06. The molecule has 0 saturated heterocycles. The normalized spacial score (nSPS) is 20.0. The van der Waals surface area contributed by atoms with Gasteiger partial charge in [0.2, 0.25) is 0 Å². The molecule has 6 heteroatoms. The molecule has 130 valence electrons. The number of hydrogen-bond acceptors (Lipinski definition) is 4. The number of carbonyl (C=O) groups is 1. The van der Waals surface area contributed by atoms with Crippen LogP contribution in [0.4, 0.5) is 5.69 Å². The van der Waals surface area contributed by atoms with Gasteiger partial charge in [0.1, 0.15) is 0 Å². The second kappa shape index (κ2) is 7.10. The minimum atomic E-state index is -0.354. The predicted octanol–water partition coefficient (Wildman–Crippen LogP) is 4.57. The van der Waals surface area contributed by atoms with E-state index in [0.29, 0.717) is 15.8 Å². The maximum absolute atomic E-state index is 12.5. The van der Waals surface area contributed by atoms with Crippen molar-refractivity contribution in [3.8, 4) is 0 Å². The summed E-state index contributed by atoms with van der Waals surface area (Å²) in [4.78, 5) is 17.1. The molecule has 0 radical (unpaired) electrons. The summed E-state index contributed by atoms with van der Waals surface area (Å²) in [5, 5.41) is 4.21. The molecule has 1 aliphatic heterocycles. The predicted molar refractivity (Wildman–Crippen MR) is 107 cm³/mol. The van der Waals surface area contributed by atoms with Gasteiger partial charge in [0, 0.05) is 22.0 Å². The summed E-state index contributed by atoms with van der Waals surface area (Å²) in [6.45, 7) is 3.95. The van der Waals surface area contributed by atoms with E-state index in [1.165, 1.54) is 0 Å². The van der Waals surface area contributed by atoms with Crippen LogP contribution in [0.15, 0.2) is 47.5 Å². The summed E-state index contributed by atoms with van der Waals surface area (Å²) in [5.74, 6) is 0.774. The molecule has 1 aliphatic rings. The molecule has 0 aromatic heterocycles. The van der Waals surface area contributed by atoms with Crippen LogP contribution in [0.2, 0.25) is 5.02 Å². The number of carbonyl (C=O) groups excluding carboxylic acids is 1. The number of aryl methyl sites for hydroxylation is 1. The fourth-order valence-electron chi connectivity index (χ4n) is 2.82. The van der Waals surface area contributed by atoms with Gasteiger partial charge in [0.05, 0.1) is 5.54 Å². The molecule has 0 spiro atoms. The lowest BCUT2D eigenvalue weighted by molar-refractivity contribution is 0.102. The Labute approximate surface area is 156 Å². The van der Waals surface area contributed by atoms with E-state index in [1.807, 2.05) is 31.2 Å². The number of halogens is 1. The molecule has 0 saturated carbocycles. The van der Waals surface area contributed by atoms with Gasteiger partial charge in [-0.15, -0.1) is 0 Å². The second-order valence-corrected chi connectivity index (χ2v) is 7.84. The third kappa shape index (κ3) is 3.99. The molecule has 1 atom stereocenters. The van der Waals surface area contributed by atoms with E-state index in [4.69, 9.17) is 17.3 Å². The summed E-state index contributed by atoms with van der Waals surface area (Å²) in [6, 6.07) is 13.0. The maximum Gasteiger partial charge on any atom is 0.255 e. The quantitative estimate of drug-likeness (QED) is 0.828. The molecule has 3 N–H and O–H groups in total. The number of nitrogens with two attached hydrogens (primary N) is 1. The fourth-order valence-corrected chi connectivity index (χ4v) is 3.91. The number of amides is 1. The average molecular weight is 374 g/mol. The summed E-state index contributed by atoms with van der Waals surface area (Å²) in [7, 11) is 0. The van der Waals surface area contributed by atoms with Gasteiger partial charge in [-0.3, -0.25) is 9.79 Å². The number of rotatable bonds is 3. The van der Waals surface area contributed by atoms with Crippen LogP contribution >= 0.6 is 23.4 Å². The van der Waals surface area contributed by atoms with E-state index in [1.54, 1.807) is 30.0 Å². The zero-order valence-corrected chi connectivity index (χ0v) is 15.7. The summed E-state index contributed by atoms with van der Waals surface area (Å²) in [5.41, 5.74) is 8.78. The smallest absolute Gasteiger partial charge is 0.255 e. The molecule has 0 fully saturated rings. The van der Waals surface area contributed by atoms with Gasteiger partial charge in [0.15, 0.2) is 5.17 Å². The van der Waals surface area contributed by atoms with Crippen LogP contribution in [0.3, 0.4) is 0 Å². The number of thioether (sulfide) groups is 1. The van der Waals surface area contributed by atoms with Gasteiger partial charge in [-0.2, -0.15) is 0 Å². The van der Waals surface area contributed by atoms with Gasteiger partial charge < -0.3 is 11.1 Å². The van der Waals surface area contributed by atoms with Crippen molar-refractivity contribution in [1.82, 2.24) is 0 Å². The lowest BCUT2D eigenvalue weighted by Crippen LogP contribution is -2.28. The first-order valence-corrected chi connectivity index (χ1v) is 9.40. The van der Waals surface area contributed by atoms with Crippen molar-refractivity contribution in [3.05, 3.63) is 64.2 Å². The molecule has 2 aromatic rings. The lowest BCUT2D eigenvalue weighted by Gasteiger charge is -2.30. The first-order valence-electron chi connectivity index (χ1n) is 8.03. The van der Waals surface area contributed by atoms with Gasteiger partial charge in [0.25, 0.3) is 5.91 Å². The highest BCUT2D eigenvalue weighted by Gasteiger charge is 2.29. The topological polar surface area (TPSA) is 67.5 Å². The summed E-state index contributed by atoms with van der Waals surface area (Å²) in [6.07, 6.45) is 0.909. The second-order valence-electron chi connectivity index (χ2n) is 6.32. The van der Waals surface area contributed by atoms with Crippen molar-refractivity contribution >= 4 is 40.1 Å². The van der Waals surface area contributed by atoms with Crippen LogP contribution in [-0.4, -0.2) is 16.8 Å². The molecule has 2 aromatic carbocycles. The van der Waals surface area contributed by atoms with E-state index in [-0.39, 0.29) is 11.4 Å². The van der Waals surface area contributed by atoms with Gasteiger partial charge >= 0.3 is 0 Å². The lowest BCUT2D eigenvalue weighted by atomic mass is 9.89. The molecular weight excluding hydrogens is 354 g/mol. The van der Waals surface area contributed by atoms with Crippen LogP contribution in [0.5, 0.6) is 0 Å². The SMILES string of the molecule is Cc1cc(C(=O)Nc2cccc(C3(C)CCSC(N)=N3)c2)ccc1Cl. The monoisotopic (exact) mass is 373 g/mol. The number of nitrogens with one attached hydrogen (secondary N) is 1. The number of benzene rings is 2. The Balaban J connectivity index is 1.83. The van der Waals surface area contributed by atoms with Gasteiger partial charge in [-0.05, 0) is 61.7 Å². The highest BCUT2D eigenvalue weighted by Crippen LogP contribution is 2.35. The first kappa shape index (κ1) is 17.8. The van der Waals surface area contributed by atoms with Crippen molar-refractivity contribution in [2.24, 2.45) is 10.7 Å². The van der Waals surface area contributed by atoms with Crippen molar-refractivity contribution in [2.75, 3.05) is 11.1 Å². The largest absolute Gasteiger partial charge is 0.379 e. The van der Waals surface area contributed by atoms with E-state index in [9.17, 15) is 4.79 Å². The highest BCUT2D eigenvalue weighted by atomic mass is 35.5. The number of amidine groups is 1. The number of anilines is 1. The molecule has 4 nitrogen and oxygen atoms in total. The molecule has 0 bridgehead atoms. The van der Waals surface area contributed by atoms with Crippen LogP contribution < -0.4 is 11.1 Å². The van der Waals surface area contributed by atoms with Crippen LogP contribution in [0.25, 0.3) is 0 Å². The Hall–Kier alpha value is -1.98. The number of nitrogens with zero attached hydrogens (tertiary/aromatic N) is 1. The van der Waals surface area contributed by atoms with Crippen molar-refractivity contribution in [2.45, 2.75) is 25.8 Å². The third-order valence-electron chi connectivity index (χ3n) is 4.36. The summed E-state index contributed by atoms with van der Waals surface area (Å²) >= 11 is 7.60. The van der Waals surface area contributed by atoms with Crippen molar-refractivity contribution < 1.29 is 4.79 Å². The van der Waals surface area contributed by atoms with Crippen LogP contribution in [0, 0.1) is 6.92 Å². The molecular formula is C19H20ClN3OS. The van der Waals surface area contributed by atoms with Crippen LogP contribution in [0.1, 0.15) is 34.8 Å². The minimum absolute atomic E-state index is 0.163. The van der Waals surface area contributed by atoms with E-state index in [2.05, 4.69) is 17.2 Å². The van der Waals surface area contributed by atoms with Crippen LogP contribution in [-0.2, 0) is 5.54 Å². The van der Waals surface area contributed by atoms with Gasteiger partial charge in [-0.1, -0.05) is 35.5 Å². The number of hydrogen-bond donors (Lipinski definition) is 2. The van der Waals surface area contributed by atoms with Crippen molar-refractivity contribution in [3.63, 3.8) is 0 Å². The first-order chi connectivity index (χ1) is 11.9. The van der Waals surface area contributed by atoms with Crippen molar-refractivity contribution in [1.29, 1.82) is 0 Å². The Morgan fingerprint density at radius 1 is 1.32 bits per heavy atom. The molecule has 1 heterocycles. The Morgan fingerprint density at radius 2 is 2.12 bits per heavy atom. The molecule has 0 aliphatic carbocycles. The Morgan fingerprint density at radius 3 is 2.84 bits per heavy atom. The fraction of sp³-hybridized carbons (Fsp3) is 0.263. The van der Waals surface area contributed by atoms with E-state index in [0.717, 1.165) is 29.0 Å². The average Bonchev–Trinajstić information content (AvgIpc) is 2.57. The maximum atomic E-state index is 12.5. The Bertz CT molecular complexity index is 852. The standard InChI is InChI=1S/C19H20ClN3OS/c1-12-10-13(6-7-16(12)20)17(24)22-15-5-3-4-14(11-15)19(2)8-9-25-18(21)23-19/h3-7,10-11H,8-9H2,1-2H3,(H2,21,23)(H,22,24). The minimum Gasteiger partial charge on any atom is -0.379 e. The third-order valence-corrected chi connectivity index (χ3v) is 5.58. The summed E-state index contributed by atoms with van der Waals surface area (Å²) < 4.78 is 0. The molecule has 25 heavy (non-hydrogen) atoms. The van der Waals surface area contributed by atoms with E-state index < -0.39 is 0 Å².